The second kappa shape index (κ2) is 5.83. The van der Waals surface area contributed by atoms with Gasteiger partial charge in [0, 0.05) is 19.2 Å². The van der Waals surface area contributed by atoms with E-state index in [9.17, 15) is 9.90 Å². The summed E-state index contributed by atoms with van der Waals surface area (Å²) in [5, 5.41) is 12.3. The van der Waals surface area contributed by atoms with E-state index in [0.29, 0.717) is 6.42 Å². The van der Waals surface area contributed by atoms with Crippen LogP contribution >= 0.6 is 0 Å². The summed E-state index contributed by atoms with van der Waals surface area (Å²) in [4.78, 5) is 14.3. The Hall–Kier alpha value is -0.610. The fourth-order valence-electron chi connectivity index (χ4n) is 2.66. The third-order valence-electron chi connectivity index (χ3n) is 3.60. The highest BCUT2D eigenvalue weighted by atomic mass is 16.3. The summed E-state index contributed by atoms with van der Waals surface area (Å²) in [6.07, 6.45) is 2.61. The SMILES string of the molecule is CNC1CCCN(C(CCO)C(C)(C)C)C1=O. The molecular weight excluding hydrogens is 216 g/mol. The quantitative estimate of drug-likeness (QED) is 0.773. The molecular formula is C13H26N2O2. The summed E-state index contributed by atoms with van der Waals surface area (Å²) >= 11 is 0. The van der Waals surface area contributed by atoms with E-state index in [2.05, 4.69) is 26.1 Å². The van der Waals surface area contributed by atoms with Gasteiger partial charge in [-0.05, 0) is 31.7 Å². The van der Waals surface area contributed by atoms with Crippen LogP contribution in [0.2, 0.25) is 0 Å². The highest BCUT2D eigenvalue weighted by Gasteiger charge is 2.37. The first-order chi connectivity index (χ1) is 7.91. The number of aliphatic hydroxyl groups excluding tert-OH is 1. The Balaban J connectivity index is 2.82. The molecule has 1 fully saturated rings. The van der Waals surface area contributed by atoms with Crippen LogP contribution in [0.1, 0.15) is 40.0 Å². The zero-order chi connectivity index (χ0) is 13.1. The monoisotopic (exact) mass is 242 g/mol. The number of carbonyl (C=O) groups is 1. The molecule has 1 rings (SSSR count). The van der Waals surface area contributed by atoms with E-state index in [1.807, 2.05) is 11.9 Å². The van der Waals surface area contributed by atoms with Crippen LogP contribution in [0.3, 0.4) is 0 Å². The first-order valence-electron chi connectivity index (χ1n) is 6.50. The van der Waals surface area contributed by atoms with E-state index in [4.69, 9.17) is 0 Å². The van der Waals surface area contributed by atoms with Crippen molar-refractivity contribution >= 4 is 5.91 Å². The number of carbonyl (C=O) groups excluding carboxylic acids is 1. The maximum atomic E-state index is 12.3. The summed E-state index contributed by atoms with van der Waals surface area (Å²) in [7, 11) is 1.84. The molecule has 1 heterocycles. The van der Waals surface area contributed by atoms with Crippen LogP contribution in [-0.2, 0) is 4.79 Å². The van der Waals surface area contributed by atoms with E-state index < -0.39 is 0 Å². The summed E-state index contributed by atoms with van der Waals surface area (Å²) in [5.74, 6) is 0.187. The lowest BCUT2D eigenvalue weighted by atomic mass is 9.82. The molecule has 17 heavy (non-hydrogen) atoms. The maximum absolute atomic E-state index is 12.3. The number of likely N-dealkylation sites (N-methyl/N-ethyl adjacent to an activating group) is 1. The second-order valence-electron chi connectivity index (χ2n) is 5.91. The zero-order valence-corrected chi connectivity index (χ0v) is 11.5. The van der Waals surface area contributed by atoms with E-state index in [-0.39, 0.29) is 30.0 Å². The van der Waals surface area contributed by atoms with Gasteiger partial charge in [0.2, 0.25) is 5.91 Å². The molecule has 1 aliphatic heterocycles. The largest absolute Gasteiger partial charge is 0.396 e. The van der Waals surface area contributed by atoms with Gasteiger partial charge in [0.1, 0.15) is 0 Å². The molecule has 2 unspecified atom stereocenters. The van der Waals surface area contributed by atoms with Crippen molar-refractivity contribution in [1.29, 1.82) is 0 Å². The van der Waals surface area contributed by atoms with Crippen LogP contribution in [0.25, 0.3) is 0 Å². The van der Waals surface area contributed by atoms with Crippen LogP contribution in [0.5, 0.6) is 0 Å². The van der Waals surface area contributed by atoms with Gasteiger partial charge in [-0.25, -0.2) is 0 Å². The van der Waals surface area contributed by atoms with E-state index in [1.165, 1.54) is 0 Å². The van der Waals surface area contributed by atoms with Gasteiger partial charge in [0.15, 0.2) is 0 Å². The van der Waals surface area contributed by atoms with E-state index >= 15 is 0 Å². The fourth-order valence-corrected chi connectivity index (χ4v) is 2.66. The summed E-state index contributed by atoms with van der Waals surface area (Å²) in [5.41, 5.74) is 0.00796. The molecule has 0 aliphatic carbocycles. The lowest BCUT2D eigenvalue weighted by Crippen LogP contribution is -2.56. The first kappa shape index (κ1) is 14.5. The van der Waals surface area contributed by atoms with Gasteiger partial charge < -0.3 is 15.3 Å². The normalized spacial score (nSPS) is 23.9. The van der Waals surface area contributed by atoms with Gasteiger partial charge >= 0.3 is 0 Å². The van der Waals surface area contributed by atoms with Crippen molar-refractivity contribution in [2.24, 2.45) is 5.41 Å². The van der Waals surface area contributed by atoms with Gasteiger partial charge in [-0.2, -0.15) is 0 Å². The number of amides is 1. The molecule has 1 saturated heterocycles. The van der Waals surface area contributed by atoms with Crippen molar-refractivity contribution in [3.63, 3.8) is 0 Å². The lowest BCUT2D eigenvalue weighted by Gasteiger charge is -2.44. The Bertz CT molecular complexity index is 261. The molecule has 0 spiro atoms. The Morgan fingerprint density at radius 1 is 1.53 bits per heavy atom. The second-order valence-corrected chi connectivity index (χ2v) is 5.91. The number of nitrogens with one attached hydrogen (secondary N) is 1. The molecule has 1 aliphatic rings. The standard InChI is InChI=1S/C13H26N2O2/c1-13(2,3)11(7-9-16)15-8-5-6-10(14-4)12(15)17/h10-11,14,16H,5-9H2,1-4H3. The van der Waals surface area contributed by atoms with Gasteiger partial charge in [0.25, 0.3) is 0 Å². The smallest absolute Gasteiger partial charge is 0.239 e. The van der Waals surface area contributed by atoms with Crippen LogP contribution in [0, 0.1) is 5.41 Å². The molecule has 0 saturated carbocycles. The molecule has 100 valence electrons. The van der Waals surface area contributed by atoms with Crippen molar-refractivity contribution in [3.05, 3.63) is 0 Å². The first-order valence-corrected chi connectivity index (χ1v) is 6.50. The Labute approximate surface area is 104 Å². The molecule has 0 aromatic carbocycles. The van der Waals surface area contributed by atoms with E-state index in [1.54, 1.807) is 0 Å². The molecule has 0 bridgehead atoms. The number of rotatable bonds is 4. The molecule has 2 atom stereocenters. The fraction of sp³-hybridized carbons (Fsp3) is 0.923. The Morgan fingerprint density at radius 2 is 2.18 bits per heavy atom. The topological polar surface area (TPSA) is 52.6 Å². The maximum Gasteiger partial charge on any atom is 0.239 e. The van der Waals surface area contributed by atoms with E-state index in [0.717, 1.165) is 19.4 Å². The number of likely N-dealkylation sites (tertiary alicyclic amines) is 1. The third-order valence-corrected chi connectivity index (χ3v) is 3.60. The molecule has 0 aromatic rings. The number of piperidine rings is 1. The van der Waals surface area contributed by atoms with Gasteiger partial charge in [-0.3, -0.25) is 4.79 Å². The third kappa shape index (κ3) is 3.42. The zero-order valence-electron chi connectivity index (χ0n) is 11.5. The van der Waals surface area contributed by atoms with Crippen molar-refractivity contribution in [1.82, 2.24) is 10.2 Å². The molecule has 0 radical (unpaired) electrons. The van der Waals surface area contributed by atoms with Crippen LogP contribution < -0.4 is 5.32 Å². The number of hydrogen-bond acceptors (Lipinski definition) is 3. The average Bonchev–Trinajstić information content (AvgIpc) is 2.25. The number of hydrogen-bond donors (Lipinski definition) is 2. The van der Waals surface area contributed by atoms with Gasteiger partial charge in [-0.15, -0.1) is 0 Å². The minimum absolute atomic E-state index is 0.00796. The van der Waals surface area contributed by atoms with Crippen molar-refractivity contribution in [2.75, 3.05) is 20.2 Å². The predicted octanol–water partition coefficient (Wildman–Crippen LogP) is 0.994. The minimum atomic E-state index is -0.0488. The summed E-state index contributed by atoms with van der Waals surface area (Å²) in [6.45, 7) is 7.34. The van der Waals surface area contributed by atoms with Crippen molar-refractivity contribution in [3.8, 4) is 0 Å². The highest BCUT2D eigenvalue weighted by Crippen LogP contribution is 2.29. The van der Waals surface area contributed by atoms with Gasteiger partial charge in [-0.1, -0.05) is 20.8 Å². The predicted molar refractivity (Wildman–Crippen MR) is 68.7 cm³/mol. The highest BCUT2D eigenvalue weighted by molar-refractivity contribution is 5.83. The molecule has 4 heteroatoms. The summed E-state index contributed by atoms with van der Waals surface area (Å²) in [6, 6.07) is 0.0726. The molecule has 2 N–H and O–H groups in total. The van der Waals surface area contributed by atoms with Crippen molar-refractivity contribution < 1.29 is 9.90 Å². The minimum Gasteiger partial charge on any atom is -0.396 e. The Kier molecular flexibility index (Phi) is 4.95. The average molecular weight is 242 g/mol. The van der Waals surface area contributed by atoms with Crippen LogP contribution in [-0.4, -0.2) is 48.2 Å². The summed E-state index contributed by atoms with van der Waals surface area (Å²) < 4.78 is 0. The molecule has 4 nitrogen and oxygen atoms in total. The number of aliphatic hydroxyl groups is 1. The molecule has 1 amide bonds. The Morgan fingerprint density at radius 3 is 2.65 bits per heavy atom. The lowest BCUT2D eigenvalue weighted by molar-refractivity contribution is -0.141. The number of nitrogens with zero attached hydrogens (tertiary/aromatic N) is 1. The van der Waals surface area contributed by atoms with Gasteiger partial charge in [0.05, 0.1) is 6.04 Å². The molecule has 0 aromatic heterocycles. The van der Waals surface area contributed by atoms with Crippen LogP contribution in [0.15, 0.2) is 0 Å². The van der Waals surface area contributed by atoms with Crippen LogP contribution in [0.4, 0.5) is 0 Å². The van der Waals surface area contributed by atoms with Crippen molar-refractivity contribution in [2.45, 2.75) is 52.1 Å².